The molecule has 0 spiro atoms. The number of halogens is 3. The zero-order chi connectivity index (χ0) is 3.58. The summed E-state index contributed by atoms with van der Waals surface area (Å²) in [6, 6.07) is 0. The first-order valence-electron chi connectivity index (χ1n) is 1.41. The predicted octanol–water partition coefficient (Wildman–Crippen LogP) is 1.65. The van der Waals surface area contributed by atoms with E-state index in [-0.39, 0.29) is 64.4 Å². The summed E-state index contributed by atoms with van der Waals surface area (Å²) < 4.78 is 0. The Bertz CT molecular complexity index is 19.2. The molecule has 0 aromatic heterocycles. The summed E-state index contributed by atoms with van der Waals surface area (Å²) in [7, 11) is 0. The number of aliphatic hydroxyl groups is 1. The van der Waals surface area contributed by atoms with Crippen LogP contribution in [0.5, 0.6) is 0 Å². The molecule has 5 heteroatoms. The molecule has 0 unspecified atom stereocenters. The smallest absolute Gasteiger partial charge is 0.0483 e. The molecule has 8 heavy (non-hydrogen) atoms. The topological polar surface area (TPSA) is 20.2 Å². The molecule has 0 aromatic rings. The van der Waals surface area contributed by atoms with Gasteiger partial charge in [-0.15, -0.1) is 37.2 Å². The Hall–Kier alpha value is 1.52. The third-order valence-electron chi connectivity index (χ3n) is 0. The van der Waals surface area contributed by atoms with Gasteiger partial charge in [-0.3, -0.25) is 0 Å². The van der Waals surface area contributed by atoms with E-state index >= 15 is 0 Å². The van der Waals surface area contributed by atoms with E-state index in [1.807, 2.05) is 0 Å². The van der Waals surface area contributed by atoms with Gasteiger partial charge in [0.2, 0.25) is 0 Å². The van der Waals surface area contributed by atoms with E-state index in [1.165, 1.54) is 0 Å². The molecule has 0 aromatic carbocycles. The van der Waals surface area contributed by atoms with Crippen LogP contribution < -0.4 is 0 Å². The third kappa shape index (κ3) is 139. The maximum atomic E-state index is 8.06. The second-order valence-electron chi connectivity index (χ2n) is 1.09. The first kappa shape index (κ1) is 33.8. The quantitative estimate of drug-likeness (QED) is 0.660. The fraction of sp³-hybridized carbons (Fsp3) is 1.00. The van der Waals surface area contributed by atoms with Crippen LogP contribution in [0, 0.1) is 0 Å². The van der Waals surface area contributed by atoms with Crippen molar-refractivity contribution in [3.05, 3.63) is 0 Å². The summed E-state index contributed by atoms with van der Waals surface area (Å²) in [5.41, 5.74) is 0. The molecule has 0 radical (unpaired) electrons. The molecule has 0 heterocycles. The zero-order valence-corrected chi connectivity index (χ0v) is 9.11. The van der Waals surface area contributed by atoms with E-state index in [9.17, 15) is 0 Å². The molecule has 0 aliphatic rings. The molecule has 0 amide bonds. The van der Waals surface area contributed by atoms with Gasteiger partial charge in [-0.2, -0.15) is 0 Å². The van der Waals surface area contributed by atoms with E-state index in [0.29, 0.717) is 0 Å². The average Bonchev–Trinajstić information content (AvgIpc) is 0.811. The molecule has 1 nitrogen and oxygen atoms in total. The zero-order valence-electron chi connectivity index (χ0n) is 4.66. The normalized spacial score (nSPS) is 4.50. The standard InChI is InChI=1S/C3H8O.3ClH.Mo/c1-3(2)4;;;;/h3-4H,1-2H3;3*1H;. The summed E-state index contributed by atoms with van der Waals surface area (Å²) >= 11 is 0. The first-order valence-corrected chi connectivity index (χ1v) is 1.41. The van der Waals surface area contributed by atoms with E-state index in [1.54, 1.807) is 13.8 Å². The van der Waals surface area contributed by atoms with E-state index < -0.39 is 0 Å². The summed E-state index contributed by atoms with van der Waals surface area (Å²) in [6.45, 7) is 3.44. The third-order valence-corrected chi connectivity index (χ3v) is 0. The van der Waals surface area contributed by atoms with Crippen molar-refractivity contribution >= 4 is 37.2 Å². The van der Waals surface area contributed by atoms with Gasteiger partial charge in [-0.25, -0.2) is 0 Å². The van der Waals surface area contributed by atoms with Crippen LogP contribution in [0.4, 0.5) is 0 Å². The minimum absolute atomic E-state index is 0. The number of rotatable bonds is 0. The molecule has 0 saturated heterocycles. The Morgan fingerprint density at radius 3 is 1.00 bits per heavy atom. The van der Waals surface area contributed by atoms with E-state index in [4.69, 9.17) is 5.11 Å². The minimum atomic E-state index is -0.167. The summed E-state index contributed by atoms with van der Waals surface area (Å²) in [5.74, 6) is 0. The van der Waals surface area contributed by atoms with Gasteiger partial charge in [0.25, 0.3) is 0 Å². The predicted molar refractivity (Wildman–Crippen MR) is 39.1 cm³/mol. The maximum Gasteiger partial charge on any atom is 0.0483 e. The van der Waals surface area contributed by atoms with Crippen molar-refractivity contribution in [2.45, 2.75) is 20.0 Å². The fourth-order valence-corrected chi connectivity index (χ4v) is 0. The number of hydrogen-bond donors (Lipinski definition) is 1. The summed E-state index contributed by atoms with van der Waals surface area (Å²) in [5, 5.41) is 8.06. The molecule has 0 fully saturated rings. The van der Waals surface area contributed by atoms with E-state index in [2.05, 4.69) is 0 Å². The summed E-state index contributed by atoms with van der Waals surface area (Å²) in [4.78, 5) is 0. The molecule has 1 N–H and O–H groups in total. The Morgan fingerprint density at radius 2 is 1.00 bits per heavy atom. The maximum absolute atomic E-state index is 8.06. The number of hydrogen-bond acceptors (Lipinski definition) is 1. The first-order chi connectivity index (χ1) is 1.73. The van der Waals surface area contributed by atoms with Gasteiger partial charge in [0.05, 0.1) is 0 Å². The Kier molecular flexibility index (Phi) is 99.7. The fourth-order valence-electron chi connectivity index (χ4n) is 0. The molecular formula is C3H11Cl3MoO. The van der Waals surface area contributed by atoms with Crippen molar-refractivity contribution in [2.24, 2.45) is 0 Å². The average molecular weight is 265 g/mol. The van der Waals surface area contributed by atoms with Crippen LogP contribution in [0.15, 0.2) is 0 Å². The largest absolute Gasteiger partial charge is 0.394 e. The van der Waals surface area contributed by atoms with Crippen molar-refractivity contribution < 1.29 is 26.2 Å². The molecule has 0 bridgehead atoms. The van der Waals surface area contributed by atoms with Gasteiger partial charge in [0.1, 0.15) is 0 Å². The monoisotopic (exact) mass is 266 g/mol. The van der Waals surface area contributed by atoms with Crippen LogP contribution >= 0.6 is 37.2 Å². The molecule has 0 aliphatic carbocycles. The van der Waals surface area contributed by atoms with Crippen LogP contribution in [0.3, 0.4) is 0 Å². The van der Waals surface area contributed by atoms with Gasteiger partial charge in [0.15, 0.2) is 0 Å². The van der Waals surface area contributed by atoms with Crippen molar-refractivity contribution in [2.75, 3.05) is 0 Å². The van der Waals surface area contributed by atoms with Crippen LogP contribution in [0.25, 0.3) is 0 Å². The molecule has 56 valence electrons. The van der Waals surface area contributed by atoms with Crippen molar-refractivity contribution in [1.82, 2.24) is 0 Å². The van der Waals surface area contributed by atoms with Crippen LogP contribution in [-0.2, 0) is 21.1 Å². The van der Waals surface area contributed by atoms with E-state index in [0.717, 1.165) is 0 Å². The molecule has 0 atom stereocenters. The Morgan fingerprint density at radius 1 is 1.00 bits per heavy atom. The van der Waals surface area contributed by atoms with Crippen molar-refractivity contribution in [1.29, 1.82) is 0 Å². The number of aliphatic hydroxyl groups excluding tert-OH is 1. The molecular weight excluding hydrogens is 254 g/mol. The Labute approximate surface area is 83.1 Å². The van der Waals surface area contributed by atoms with Crippen LogP contribution in [0.1, 0.15) is 13.8 Å². The van der Waals surface area contributed by atoms with Gasteiger partial charge in [-0.1, -0.05) is 0 Å². The van der Waals surface area contributed by atoms with Gasteiger partial charge in [-0.05, 0) is 13.8 Å². The second kappa shape index (κ2) is 23.6. The van der Waals surface area contributed by atoms with Crippen molar-refractivity contribution in [3.8, 4) is 0 Å². The van der Waals surface area contributed by atoms with Gasteiger partial charge >= 0.3 is 0 Å². The van der Waals surface area contributed by atoms with Gasteiger partial charge < -0.3 is 5.11 Å². The molecule has 0 rings (SSSR count). The second-order valence-corrected chi connectivity index (χ2v) is 1.09. The van der Waals surface area contributed by atoms with Crippen LogP contribution in [0.2, 0.25) is 0 Å². The van der Waals surface area contributed by atoms with Crippen LogP contribution in [-0.4, -0.2) is 11.2 Å². The molecule has 0 aliphatic heterocycles. The Balaban J connectivity index is -0.00000000750. The minimum Gasteiger partial charge on any atom is -0.394 e. The van der Waals surface area contributed by atoms with Gasteiger partial charge in [0, 0.05) is 27.2 Å². The van der Waals surface area contributed by atoms with Crippen molar-refractivity contribution in [3.63, 3.8) is 0 Å². The summed E-state index contributed by atoms with van der Waals surface area (Å²) in [6.07, 6.45) is -0.167. The molecule has 0 saturated carbocycles. The SMILES string of the molecule is CC(C)O.Cl.Cl.Cl.[Mo].